The Morgan fingerprint density at radius 3 is 2.08 bits per heavy atom. The third kappa shape index (κ3) is 5.18. The highest BCUT2D eigenvalue weighted by Gasteiger charge is 2.33. The number of hydrogen-bond donors (Lipinski definition) is 0. The van der Waals surface area contributed by atoms with Crippen molar-refractivity contribution in [2.24, 2.45) is 5.92 Å². The number of carbonyl (C=O) groups is 1. The van der Waals surface area contributed by atoms with Crippen LogP contribution in [0.15, 0.2) is 60.7 Å². The molecule has 0 N–H and O–H groups in total. The summed E-state index contributed by atoms with van der Waals surface area (Å²) in [6, 6.07) is 21.7. The van der Waals surface area contributed by atoms with Crippen molar-refractivity contribution < 1.29 is 9.53 Å². The number of hydrogen-bond acceptors (Lipinski definition) is 3. The molecule has 3 rings (SSSR count). The number of benzene rings is 2. The van der Waals surface area contributed by atoms with E-state index in [2.05, 4.69) is 65.6 Å². The molecule has 138 valence electrons. The monoisotopic (exact) mass is 351 g/mol. The predicted molar refractivity (Wildman–Crippen MR) is 105 cm³/mol. The molecule has 0 heterocycles. The molecule has 0 radical (unpaired) electrons. The molecule has 0 spiro atoms. The van der Waals surface area contributed by atoms with Crippen molar-refractivity contribution in [3.63, 3.8) is 0 Å². The van der Waals surface area contributed by atoms with Crippen LogP contribution in [0.1, 0.15) is 43.7 Å². The van der Waals surface area contributed by atoms with Gasteiger partial charge in [-0.1, -0.05) is 67.1 Å². The van der Waals surface area contributed by atoms with Crippen molar-refractivity contribution in [3.05, 3.63) is 71.8 Å². The third-order valence-corrected chi connectivity index (χ3v) is 5.28. The van der Waals surface area contributed by atoms with Crippen LogP contribution in [0.5, 0.6) is 0 Å². The van der Waals surface area contributed by atoms with E-state index in [0.29, 0.717) is 25.0 Å². The minimum Gasteiger partial charge on any atom is -0.466 e. The Hall–Kier alpha value is -2.13. The zero-order valence-corrected chi connectivity index (χ0v) is 15.6. The van der Waals surface area contributed by atoms with Gasteiger partial charge >= 0.3 is 5.97 Å². The maximum atomic E-state index is 12.0. The van der Waals surface area contributed by atoms with E-state index in [1.54, 1.807) is 0 Å². The summed E-state index contributed by atoms with van der Waals surface area (Å²) in [5.74, 6) is 0.338. The van der Waals surface area contributed by atoms with Gasteiger partial charge in [0.25, 0.3) is 0 Å². The Bertz CT molecular complexity index is 630. The standard InChI is InChI=1S/C23H29NO2/c1-2-26-23(25)16-21-14-9-15-22(21)24(17-19-10-5-3-6-11-19)18-20-12-7-4-8-13-20/h3-8,10-13,21-22H,2,9,14-18H2,1H3/t21-,22+/m1/s1. The van der Waals surface area contributed by atoms with Crippen LogP contribution >= 0.6 is 0 Å². The van der Waals surface area contributed by atoms with Crippen LogP contribution in [0, 0.1) is 5.92 Å². The van der Waals surface area contributed by atoms with Crippen molar-refractivity contribution >= 4 is 5.97 Å². The van der Waals surface area contributed by atoms with E-state index in [4.69, 9.17) is 4.74 Å². The van der Waals surface area contributed by atoms with Gasteiger partial charge in [0, 0.05) is 25.6 Å². The van der Waals surface area contributed by atoms with Gasteiger partial charge in [0.15, 0.2) is 0 Å². The highest BCUT2D eigenvalue weighted by atomic mass is 16.5. The van der Waals surface area contributed by atoms with Gasteiger partial charge < -0.3 is 4.74 Å². The molecule has 1 aliphatic carbocycles. The summed E-state index contributed by atoms with van der Waals surface area (Å²) in [6.07, 6.45) is 4.00. The van der Waals surface area contributed by atoms with Crippen molar-refractivity contribution in [2.75, 3.05) is 6.61 Å². The van der Waals surface area contributed by atoms with Gasteiger partial charge in [0.2, 0.25) is 0 Å². The van der Waals surface area contributed by atoms with E-state index in [1.807, 2.05) is 6.92 Å². The number of esters is 1. The fourth-order valence-electron chi connectivity index (χ4n) is 4.10. The van der Waals surface area contributed by atoms with Crippen molar-refractivity contribution in [2.45, 2.75) is 51.7 Å². The molecular formula is C23H29NO2. The van der Waals surface area contributed by atoms with E-state index >= 15 is 0 Å². The smallest absolute Gasteiger partial charge is 0.306 e. The molecule has 1 fully saturated rings. The molecular weight excluding hydrogens is 322 g/mol. The zero-order chi connectivity index (χ0) is 18.2. The summed E-state index contributed by atoms with van der Waals surface area (Å²) >= 11 is 0. The number of ether oxygens (including phenoxy) is 1. The Morgan fingerprint density at radius 1 is 0.962 bits per heavy atom. The normalized spacial score (nSPS) is 19.6. The zero-order valence-electron chi connectivity index (χ0n) is 15.6. The van der Waals surface area contributed by atoms with Crippen LogP contribution in [0.2, 0.25) is 0 Å². The number of rotatable bonds is 8. The van der Waals surface area contributed by atoms with Gasteiger partial charge in [0.05, 0.1) is 6.61 Å². The SMILES string of the molecule is CCOC(=O)C[C@H]1CCC[C@@H]1N(Cc1ccccc1)Cc1ccccc1. The van der Waals surface area contributed by atoms with Crippen LogP contribution in [-0.2, 0) is 22.6 Å². The molecule has 0 saturated heterocycles. The molecule has 2 aromatic rings. The topological polar surface area (TPSA) is 29.5 Å². The molecule has 0 amide bonds. The molecule has 0 aromatic heterocycles. The quantitative estimate of drug-likeness (QED) is 0.639. The average molecular weight is 351 g/mol. The van der Waals surface area contributed by atoms with Gasteiger partial charge in [0.1, 0.15) is 0 Å². The lowest BCUT2D eigenvalue weighted by Gasteiger charge is -2.33. The lowest BCUT2D eigenvalue weighted by Crippen LogP contribution is -2.38. The average Bonchev–Trinajstić information content (AvgIpc) is 3.11. The molecule has 0 bridgehead atoms. The first kappa shape index (κ1) is 18.7. The van der Waals surface area contributed by atoms with Crippen LogP contribution in [0.3, 0.4) is 0 Å². The summed E-state index contributed by atoms with van der Waals surface area (Å²) in [5, 5.41) is 0. The van der Waals surface area contributed by atoms with Crippen LogP contribution in [-0.4, -0.2) is 23.5 Å². The van der Waals surface area contributed by atoms with E-state index in [-0.39, 0.29) is 5.97 Å². The molecule has 26 heavy (non-hydrogen) atoms. The first-order valence-electron chi connectivity index (χ1n) is 9.73. The Labute approximate surface area is 157 Å². The molecule has 1 saturated carbocycles. The van der Waals surface area contributed by atoms with Crippen LogP contribution in [0.25, 0.3) is 0 Å². The van der Waals surface area contributed by atoms with Crippen molar-refractivity contribution in [1.29, 1.82) is 0 Å². The molecule has 3 nitrogen and oxygen atoms in total. The van der Waals surface area contributed by atoms with Gasteiger partial charge in [-0.25, -0.2) is 0 Å². The second kappa shape index (κ2) is 9.54. The fraction of sp³-hybridized carbons (Fsp3) is 0.435. The lowest BCUT2D eigenvalue weighted by atomic mass is 9.97. The van der Waals surface area contributed by atoms with E-state index in [9.17, 15) is 4.79 Å². The molecule has 3 heteroatoms. The Balaban J connectivity index is 1.75. The molecule has 2 aromatic carbocycles. The largest absolute Gasteiger partial charge is 0.466 e. The van der Waals surface area contributed by atoms with Gasteiger partial charge in [-0.3, -0.25) is 9.69 Å². The van der Waals surface area contributed by atoms with Crippen LogP contribution < -0.4 is 0 Å². The van der Waals surface area contributed by atoms with Crippen molar-refractivity contribution in [3.8, 4) is 0 Å². The summed E-state index contributed by atoms with van der Waals surface area (Å²) in [5.41, 5.74) is 2.65. The molecule has 0 unspecified atom stereocenters. The lowest BCUT2D eigenvalue weighted by molar-refractivity contribution is -0.144. The Morgan fingerprint density at radius 2 is 1.54 bits per heavy atom. The van der Waals surface area contributed by atoms with E-state index in [1.165, 1.54) is 17.5 Å². The van der Waals surface area contributed by atoms with Gasteiger partial charge in [-0.2, -0.15) is 0 Å². The second-order valence-corrected chi connectivity index (χ2v) is 7.14. The molecule has 1 aliphatic rings. The minimum absolute atomic E-state index is 0.0521. The molecule has 0 aliphatic heterocycles. The van der Waals surface area contributed by atoms with Crippen molar-refractivity contribution in [1.82, 2.24) is 4.90 Å². The third-order valence-electron chi connectivity index (χ3n) is 5.28. The predicted octanol–water partition coefficient (Wildman–Crippen LogP) is 4.81. The second-order valence-electron chi connectivity index (χ2n) is 7.14. The number of carbonyl (C=O) groups excluding carboxylic acids is 1. The molecule has 2 atom stereocenters. The fourth-order valence-corrected chi connectivity index (χ4v) is 4.10. The summed E-state index contributed by atoms with van der Waals surface area (Å²) in [4.78, 5) is 14.6. The van der Waals surface area contributed by atoms with Gasteiger partial charge in [-0.05, 0) is 36.8 Å². The summed E-state index contributed by atoms with van der Waals surface area (Å²) < 4.78 is 5.21. The first-order chi connectivity index (χ1) is 12.8. The maximum Gasteiger partial charge on any atom is 0.306 e. The van der Waals surface area contributed by atoms with Gasteiger partial charge in [-0.15, -0.1) is 0 Å². The van der Waals surface area contributed by atoms with E-state index in [0.717, 1.165) is 25.9 Å². The number of nitrogens with zero attached hydrogens (tertiary/aromatic N) is 1. The Kier molecular flexibility index (Phi) is 6.84. The summed E-state index contributed by atoms with van der Waals surface area (Å²) in [7, 11) is 0. The van der Waals surface area contributed by atoms with Crippen LogP contribution in [0.4, 0.5) is 0 Å². The van der Waals surface area contributed by atoms with E-state index < -0.39 is 0 Å². The highest BCUT2D eigenvalue weighted by molar-refractivity contribution is 5.69. The first-order valence-corrected chi connectivity index (χ1v) is 9.73. The minimum atomic E-state index is -0.0521. The summed E-state index contributed by atoms with van der Waals surface area (Å²) in [6.45, 7) is 4.18. The highest BCUT2D eigenvalue weighted by Crippen LogP contribution is 2.34. The maximum absolute atomic E-state index is 12.0.